The number of non-ortho nitro benzene ring substituents is 1. The summed E-state index contributed by atoms with van der Waals surface area (Å²) in [5.41, 5.74) is 1.22. The molecular formula is C17H11NO4. The second kappa shape index (κ2) is 5.65. The molecule has 0 bridgehead atoms. The summed E-state index contributed by atoms with van der Waals surface area (Å²) in [6.07, 6.45) is 0. The molecule has 1 aromatic heterocycles. The Hall–Kier alpha value is -3.21. The second-order valence-corrected chi connectivity index (χ2v) is 4.69. The van der Waals surface area contributed by atoms with Crippen molar-refractivity contribution in [2.24, 2.45) is 0 Å². The largest absolute Gasteiger partial charge is 0.456 e. The van der Waals surface area contributed by atoms with Gasteiger partial charge in [-0.15, -0.1) is 0 Å². The lowest BCUT2D eigenvalue weighted by molar-refractivity contribution is -0.384. The fraction of sp³-hybridized carbons (Fsp3) is 0. The molecule has 2 aromatic carbocycles. The molecule has 5 heteroatoms. The number of benzene rings is 2. The standard InChI is InChI=1S/C17H11NO4/c19-15-10-16(12-4-2-1-3-5-12)22-17(11-15)13-6-8-14(9-7-13)18(20)21/h1-11H. The SMILES string of the molecule is O=c1cc(-c2ccccc2)oc(-c2ccc([N+](=O)[O-])cc2)c1. The van der Waals surface area contributed by atoms with Gasteiger partial charge in [-0.25, -0.2) is 0 Å². The number of nitrogens with zero attached hydrogens (tertiary/aromatic N) is 1. The maximum absolute atomic E-state index is 11.9. The predicted octanol–water partition coefficient (Wildman–Crippen LogP) is 3.88. The molecule has 22 heavy (non-hydrogen) atoms. The van der Waals surface area contributed by atoms with E-state index in [2.05, 4.69) is 0 Å². The highest BCUT2D eigenvalue weighted by Gasteiger charge is 2.09. The van der Waals surface area contributed by atoms with Crippen LogP contribution in [0.4, 0.5) is 5.69 Å². The van der Waals surface area contributed by atoms with Gasteiger partial charge < -0.3 is 4.42 Å². The Balaban J connectivity index is 2.06. The summed E-state index contributed by atoms with van der Waals surface area (Å²) >= 11 is 0. The Morgan fingerprint density at radius 2 is 1.36 bits per heavy atom. The molecule has 0 atom stereocenters. The molecule has 0 unspecified atom stereocenters. The van der Waals surface area contributed by atoms with Crippen molar-refractivity contribution >= 4 is 5.69 Å². The molecule has 108 valence electrons. The van der Waals surface area contributed by atoms with Crippen molar-refractivity contribution in [1.82, 2.24) is 0 Å². The minimum Gasteiger partial charge on any atom is -0.456 e. The molecule has 0 amide bonds. The molecule has 0 saturated heterocycles. The van der Waals surface area contributed by atoms with E-state index < -0.39 is 4.92 Å². The summed E-state index contributed by atoms with van der Waals surface area (Å²) in [4.78, 5) is 22.1. The van der Waals surface area contributed by atoms with Crippen LogP contribution in [0.25, 0.3) is 22.6 Å². The van der Waals surface area contributed by atoms with Crippen molar-refractivity contribution in [2.75, 3.05) is 0 Å². The minimum absolute atomic E-state index is 0.00897. The van der Waals surface area contributed by atoms with Crippen LogP contribution in [0.5, 0.6) is 0 Å². The highest BCUT2D eigenvalue weighted by atomic mass is 16.6. The van der Waals surface area contributed by atoms with Gasteiger partial charge in [-0.3, -0.25) is 14.9 Å². The van der Waals surface area contributed by atoms with Crippen LogP contribution in [0, 0.1) is 10.1 Å². The first-order valence-corrected chi connectivity index (χ1v) is 6.59. The van der Waals surface area contributed by atoms with Gasteiger partial charge in [0.05, 0.1) is 4.92 Å². The van der Waals surface area contributed by atoms with E-state index in [-0.39, 0.29) is 11.1 Å². The van der Waals surface area contributed by atoms with Crippen molar-refractivity contribution in [3.05, 3.63) is 87.1 Å². The Kier molecular flexibility index (Phi) is 3.53. The van der Waals surface area contributed by atoms with E-state index in [1.54, 1.807) is 12.1 Å². The zero-order valence-electron chi connectivity index (χ0n) is 11.4. The molecule has 5 nitrogen and oxygen atoms in total. The van der Waals surface area contributed by atoms with Gasteiger partial charge in [0, 0.05) is 35.4 Å². The Morgan fingerprint density at radius 3 is 1.91 bits per heavy atom. The van der Waals surface area contributed by atoms with E-state index in [9.17, 15) is 14.9 Å². The monoisotopic (exact) mass is 293 g/mol. The zero-order valence-corrected chi connectivity index (χ0v) is 11.4. The van der Waals surface area contributed by atoms with Gasteiger partial charge >= 0.3 is 0 Å². The Labute approximate surface area is 125 Å². The summed E-state index contributed by atoms with van der Waals surface area (Å²) in [6.45, 7) is 0. The molecule has 0 spiro atoms. The van der Waals surface area contributed by atoms with Gasteiger partial charge in [-0.2, -0.15) is 0 Å². The van der Waals surface area contributed by atoms with Crippen LogP contribution in [0.2, 0.25) is 0 Å². The predicted molar refractivity (Wildman–Crippen MR) is 82.5 cm³/mol. The molecule has 3 aromatic rings. The first kappa shape index (κ1) is 13.8. The van der Waals surface area contributed by atoms with Crippen LogP contribution in [-0.2, 0) is 0 Å². The van der Waals surface area contributed by atoms with Gasteiger partial charge in [0.1, 0.15) is 11.5 Å². The van der Waals surface area contributed by atoms with Crippen molar-refractivity contribution in [3.8, 4) is 22.6 Å². The third kappa shape index (κ3) is 2.78. The quantitative estimate of drug-likeness (QED) is 0.542. The third-order valence-corrected chi connectivity index (χ3v) is 3.19. The first-order valence-electron chi connectivity index (χ1n) is 6.59. The molecule has 0 aliphatic rings. The third-order valence-electron chi connectivity index (χ3n) is 3.19. The van der Waals surface area contributed by atoms with Crippen LogP contribution in [0.1, 0.15) is 0 Å². The average molecular weight is 293 g/mol. The topological polar surface area (TPSA) is 73.3 Å². The number of hydrogen-bond acceptors (Lipinski definition) is 4. The number of hydrogen-bond donors (Lipinski definition) is 0. The van der Waals surface area contributed by atoms with Crippen molar-refractivity contribution in [2.45, 2.75) is 0 Å². The van der Waals surface area contributed by atoms with E-state index in [1.807, 2.05) is 30.3 Å². The summed E-state index contributed by atoms with van der Waals surface area (Å²) in [5, 5.41) is 10.7. The van der Waals surface area contributed by atoms with E-state index >= 15 is 0 Å². The molecule has 1 heterocycles. The van der Waals surface area contributed by atoms with Crippen molar-refractivity contribution < 1.29 is 9.34 Å². The molecule has 0 N–H and O–H groups in total. The highest BCUT2D eigenvalue weighted by Crippen LogP contribution is 2.26. The van der Waals surface area contributed by atoms with E-state index in [0.29, 0.717) is 17.1 Å². The zero-order chi connectivity index (χ0) is 15.5. The molecule has 0 radical (unpaired) electrons. The number of rotatable bonds is 3. The lowest BCUT2D eigenvalue weighted by Gasteiger charge is -2.05. The maximum Gasteiger partial charge on any atom is 0.269 e. The van der Waals surface area contributed by atoms with Crippen LogP contribution >= 0.6 is 0 Å². The van der Waals surface area contributed by atoms with Crippen LogP contribution in [-0.4, -0.2) is 4.92 Å². The molecule has 3 rings (SSSR count). The van der Waals surface area contributed by atoms with Gasteiger partial charge in [0.15, 0.2) is 5.43 Å². The highest BCUT2D eigenvalue weighted by molar-refractivity contribution is 5.63. The van der Waals surface area contributed by atoms with Crippen LogP contribution in [0.15, 0.2) is 75.9 Å². The van der Waals surface area contributed by atoms with E-state index in [0.717, 1.165) is 5.56 Å². The molecule has 0 fully saturated rings. The minimum atomic E-state index is -0.472. The van der Waals surface area contributed by atoms with Crippen molar-refractivity contribution in [1.29, 1.82) is 0 Å². The van der Waals surface area contributed by atoms with Crippen LogP contribution in [0.3, 0.4) is 0 Å². The lowest BCUT2D eigenvalue weighted by Crippen LogP contribution is -1.98. The summed E-state index contributed by atoms with van der Waals surface area (Å²) < 4.78 is 5.76. The van der Waals surface area contributed by atoms with E-state index in [1.165, 1.54) is 24.3 Å². The molecule has 0 aliphatic carbocycles. The number of nitro benzene ring substituents is 1. The molecular weight excluding hydrogens is 282 g/mol. The first-order chi connectivity index (χ1) is 10.6. The summed E-state index contributed by atoms with van der Waals surface area (Å²) in [5.74, 6) is 0.836. The maximum atomic E-state index is 11.9. The van der Waals surface area contributed by atoms with Gasteiger partial charge in [0.2, 0.25) is 0 Å². The molecule has 0 saturated carbocycles. The fourth-order valence-corrected chi connectivity index (χ4v) is 2.11. The Bertz CT molecular complexity index is 867. The van der Waals surface area contributed by atoms with Crippen molar-refractivity contribution in [3.63, 3.8) is 0 Å². The lowest BCUT2D eigenvalue weighted by atomic mass is 10.1. The summed E-state index contributed by atoms with van der Waals surface area (Å²) in [7, 11) is 0. The van der Waals surface area contributed by atoms with Gasteiger partial charge in [-0.05, 0) is 12.1 Å². The fourth-order valence-electron chi connectivity index (χ4n) is 2.11. The average Bonchev–Trinajstić information content (AvgIpc) is 2.55. The van der Waals surface area contributed by atoms with Gasteiger partial charge in [-0.1, -0.05) is 30.3 Å². The molecule has 0 aliphatic heterocycles. The number of nitro groups is 1. The second-order valence-electron chi connectivity index (χ2n) is 4.69. The Morgan fingerprint density at radius 1 is 0.818 bits per heavy atom. The normalized spacial score (nSPS) is 10.4. The van der Waals surface area contributed by atoms with Gasteiger partial charge in [0.25, 0.3) is 5.69 Å². The smallest absolute Gasteiger partial charge is 0.269 e. The van der Waals surface area contributed by atoms with E-state index in [4.69, 9.17) is 4.42 Å². The van der Waals surface area contributed by atoms with Crippen LogP contribution < -0.4 is 5.43 Å². The summed E-state index contributed by atoms with van der Waals surface area (Å²) in [6, 6.07) is 17.9.